The summed E-state index contributed by atoms with van der Waals surface area (Å²) in [4.78, 5) is 0. The summed E-state index contributed by atoms with van der Waals surface area (Å²) in [6.45, 7) is 6.89. The van der Waals surface area contributed by atoms with Crippen molar-refractivity contribution in [3.63, 3.8) is 0 Å². The molecule has 0 aromatic rings. The van der Waals surface area contributed by atoms with Crippen LogP contribution in [0.15, 0.2) is 0 Å². The van der Waals surface area contributed by atoms with E-state index in [1.54, 1.807) is 6.92 Å². The van der Waals surface area contributed by atoms with Gasteiger partial charge in [-0.1, -0.05) is 20.8 Å². The smallest absolute Gasteiger partial charge is 0.316 e. The molecule has 0 aromatic heterocycles. The first kappa shape index (κ1) is 12.8. The van der Waals surface area contributed by atoms with E-state index in [1.807, 2.05) is 13.8 Å². The fourth-order valence-electron chi connectivity index (χ4n) is 1.09. The highest BCUT2D eigenvalue weighted by atomic mass is 19.4. The van der Waals surface area contributed by atoms with Crippen molar-refractivity contribution in [1.29, 1.82) is 0 Å². The third-order valence-corrected chi connectivity index (χ3v) is 1.63. The topological polar surface area (TPSA) is 12.0 Å². The summed E-state index contributed by atoms with van der Waals surface area (Å²) in [5.74, 6) is 0.150. The van der Waals surface area contributed by atoms with E-state index in [-0.39, 0.29) is 5.92 Å². The van der Waals surface area contributed by atoms with Gasteiger partial charge in [-0.15, -0.1) is 0 Å². The molecule has 1 N–H and O–H groups in total. The van der Waals surface area contributed by atoms with Crippen LogP contribution in [-0.4, -0.2) is 19.3 Å². The molecule has 0 heterocycles. The highest BCUT2D eigenvalue weighted by molar-refractivity contribution is 4.62. The van der Waals surface area contributed by atoms with E-state index in [0.717, 1.165) is 6.54 Å². The van der Waals surface area contributed by atoms with E-state index in [9.17, 15) is 13.2 Å². The Labute approximate surface area is 77.7 Å². The number of alkyl halides is 3. The Morgan fingerprint density at radius 2 is 1.62 bits per heavy atom. The summed E-state index contributed by atoms with van der Waals surface area (Å²) in [5, 5.41) is 3.01. The average Bonchev–Trinajstić information content (AvgIpc) is 1.81. The van der Waals surface area contributed by atoms with Crippen LogP contribution in [0.2, 0.25) is 0 Å². The Balaban J connectivity index is 3.46. The molecule has 0 bridgehead atoms. The minimum atomic E-state index is -4.03. The van der Waals surface area contributed by atoms with E-state index >= 15 is 0 Å². The van der Waals surface area contributed by atoms with Crippen LogP contribution < -0.4 is 5.32 Å². The predicted octanol–water partition coefficient (Wildman–Crippen LogP) is 2.82. The van der Waals surface area contributed by atoms with Crippen molar-refractivity contribution in [2.75, 3.05) is 13.1 Å². The summed E-state index contributed by atoms with van der Waals surface area (Å²) in [5.41, 5.74) is 0. The highest BCUT2D eigenvalue weighted by Crippen LogP contribution is 2.23. The number of nitrogens with one attached hydrogen (secondary N) is 1. The second-order valence-corrected chi connectivity index (χ2v) is 3.98. The lowest BCUT2D eigenvalue weighted by molar-refractivity contribution is -0.142. The van der Waals surface area contributed by atoms with Gasteiger partial charge in [0.1, 0.15) is 0 Å². The molecule has 0 rings (SSSR count). The number of hydrogen-bond acceptors (Lipinski definition) is 1. The van der Waals surface area contributed by atoms with Crippen LogP contribution >= 0.6 is 0 Å². The lowest BCUT2D eigenvalue weighted by Crippen LogP contribution is -2.27. The molecule has 0 radical (unpaired) electrons. The van der Waals surface area contributed by atoms with Gasteiger partial charge in [-0.3, -0.25) is 0 Å². The molecule has 4 heteroatoms. The molecule has 1 nitrogen and oxygen atoms in total. The van der Waals surface area contributed by atoms with Gasteiger partial charge in [0.25, 0.3) is 0 Å². The van der Waals surface area contributed by atoms with Crippen molar-refractivity contribution >= 4 is 0 Å². The van der Waals surface area contributed by atoms with Crippen molar-refractivity contribution < 1.29 is 13.2 Å². The van der Waals surface area contributed by atoms with Crippen LogP contribution in [0, 0.1) is 11.8 Å². The third kappa shape index (κ3) is 9.67. The first-order valence-electron chi connectivity index (χ1n) is 4.58. The highest BCUT2D eigenvalue weighted by Gasteiger charge is 2.29. The van der Waals surface area contributed by atoms with Crippen LogP contribution in [0.25, 0.3) is 0 Å². The van der Waals surface area contributed by atoms with Crippen LogP contribution in [0.5, 0.6) is 0 Å². The van der Waals surface area contributed by atoms with E-state index < -0.39 is 12.6 Å². The van der Waals surface area contributed by atoms with Crippen molar-refractivity contribution in [2.24, 2.45) is 11.8 Å². The number of hydrogen-bond donors (Lipinski definition) is 1. The quantitative estimate of drug-likeness (QED) is 0.714. The Kier molecular flexibility index (Phi) is 5.37. The molecular formula is C9H18F3N. The summed E-state index contributed by atoms with van der Waals surface area (Å²) in [6, 6.07) is 0. The Morgan fingerprint density at radius 1 is 1.08 bits per heavy atom. The van der Waals surface area contributed by atoms with Crippen molar-refractivity contribution in [3.05, 3.63) is 0 Å². The zero-order valence-electron chi connectivity index (χ0n) is 8.41. The van der Waals surface area contributed by atoms with Crippen LogP contribution in [0.3, 0.4) is 0 Å². The molecule has 0 amide bonds. The average molecular weight is 197 g/mol. The minimum absolute atomic E-state index is 0.334. The molecule has 80 valence electrons. The molecule has 1 atom stereocenters. The van der Waals surface area contributed by atoms with Crippen molar-refractivity contribution in [3.8, 4) is 0 Å². The Bertz CT molecular complexity index is 131. The fourth-order valence-corrected chi connectivity index (χ4v) is 1.09. The summed E-state index contributed by atoms with van der Waals surface area (Å²) < 4.78 is 35.6. The maximum absolute atomic E-state index is 11.9. The first-order valence-corrected chi connectivity index (χ1v) is 4.58. The molecule has 0 aliphatic heterocycles. The zero-order chi connectivity index (χ0) is 10.5. The summed E-state index contributed by atoms with van der Waals surface area (Å²) >= 11 is 0. The largest absolute Gasteiger partial charge is 0.389 e. The van der Waals surface area contributed by atoms with Crippen LogP contribution in [-0.2, 0) is 0 Å². The molecule has 0 spiro atoms. The molecule has 0 saturated carbocycles. The van der Waals surface area contributed by atoms with Gasteiger partial charge in [0.2, 0.25) is 0 Å². The van der Waals surface area contributed by atoms with E-state index in [1.165, 1.54) is 0 Å². The second-order valence-electron chi connectivity index (χ2n) is 3.98. The predicted molar refractivity (Wildman–Crippen MR) is 47.5 cm³/mol. The first-order chi connectivity index (χ1) is 5.81. The molecular weight excluding hydrogens is 179 g/mol. The Hall–Kier alpha value is -0.250. The van der Waals surface area contributed by atoms with Gasteiger partial charge in [0, 0.05) is 6.42 Å². The molecule has 0 saturated heterocycles. The second kappa shape index (κ2) is 5.47. The van der Waals surface area contributed by atoms with Gasteiger partial charge in [-0.2, -0.15) is 13.2 Å². The lowest BCUT2D eigenvalue weighted by atomic mass is 10.1. The maximum atomic E-state index is 11.9. The molecule has 0 aromatic carbocycles. The van der Waals surface area contributed by atoms with E-state index in [2.05, 4.69) is 5.32 Å². The SMILES string of the molecule is CC(C)CNCC(C)CC(F)(F)F. The molecule has 0 fully saturated rings. The van der Waals surface area contributed by atoms with Crippen LogP contribution in [0.1, 0.15) is 27.2 Å². The Morgan fingerprint density at radius 3 is 2.00 bits per heavy atom. The summed E-state index contributed by atoms with van der Waals surface area (Å²) in [6.07, 6.45) is -4.73. The molecule has 0 aliphatic carbocycles. The number of rotatable bonds is 5. The van der Waals surface area contributed by atoms with Gasteiger partial charge in [0.05, 0.1) is 0 Å². The fraction of sp³-hybridized carbons (Fsp3) is 1.00. The molecule has 13 heavy (non-hydrogen) atoms. The minimum Gasteiger partial charge on any atom is -0.316 e. The monoisotopic (exact) mass is 197 g/mol. The van der Waals surface area contributed by atoms with Gasteiger partial charge < -0.3 is 5.32 Å². The normalized spacial score (nSPS) is 15.0. The molecule has 0 aliphatic rings. The third-order valence-electron chi connectivity index (χ3n) is 1.63. The van der Waals surface area contributed by atoms with Crippen molar-refractivity contribution in [2.45, 2.75) is 33.4 Å². The van der Waals surface area contributed by atoms with Crippen molar-refractivity contribution in [1.82, 2.24) is 5.32 Å². The van der Waals surface area contributed by atoms with E-state index in [0.29, 0.717) is 12.5 Å². The standard InChI is InChI=1S/C9H18F3N/c1-7(2)5-13-6-8(3)4-9(10,11)12/h7-8,13H,4-6H2,1-3H3. The van der Waals surface area contributed by atoms with Gasteiger partial charge >= 0.3 is 6.18 Å². The van der Waals surface area contributed by atoms with Gasteiger partial charge in [-0.05, 0) is 24.9 Å². The van der Waals surface area contributed by atoms with Gasteiger partial charge in [0.15, 0.2) is 0 Å². The van der Waals surface area contributed by atoms with E-state index in [4.69, 9.17) is 0 Å². The van der Waals surface area contributed by atoms with Crippen LogP contribution in [0.4, 0.5) is 13.2 Å². The summed E-state index contributed by atoms with van der Waals surface area (Å²) in [7, 11) is 0. The maximum Gasteiger partial charge on any atom is 0.389 e. The zero-order valence-corrected chi connectivity index (χ0v) is 8.41. The van der Waals surface area contributed by atoms with Gasteiger partial charge in [-0.25, -0.2) is 0 Å². The number of halogens is 3. The lowest BCUT2D eigenvalue weighted by Gasteiger charge is -2.15. The molecule has 1 unspecified atom stereocenters.